The Hall–Kier alpha value is -2.96. The lowest BCUT2D eigenvalue weighted by Crippen LogP contribution is -2.35. The van der Waals surface area contributed by atoms with Gasteiger partial charge in [-0.05, 0) is 24.1 Å². The average Bonchev–Trinajstić information content (AvgIpc) is 3.21. The summed E-state index contributed by atoms with van der Waals surface area (Å²) in [7, 11) is 1.73. The zero-order chi connectivity index (χ0) is 18.7. The Labute approximate surface area is 152 Å². The number of amides is 2. The number of likely N-dealkylation sites (tertiary alicyclic amines) is 1. The minimum absolute atomic E-state index is 0.0571. The van der Waals surface area contributed by atoms with Gasteiger partial charge in [0, 0.05) is 51.2 Å². The van der Waals surface area contributed by atoms with Crippen LogP contribution in [0.5, 0.6) is 0 Å². The Morgan fingerprint density at radius 3 is 2.58 bits per heavy atom. The van der Waals surface area contributed by atoms with Crippen LogP contribution in [0.1, 0.15) is 40.6 Å². The molecule has 1 saturated heterocycles. The van der Waals surface area contributed by atoms with Crippen molar-refractivity contribution in [2.75, 3.05) is 19.6 Å². The van der Waals surface area contributed by atoms with E-state index >= 15 is 0 Å². The summed E-state index contributed by atoms with van der Waals surface area (Å²) in [5.41, 5.74) is 2.66. The van der Waals surface area contributed by atoms with Crippen molar-refractivity contribution in [3.05, 3.63) is 41.7 Å². The van der Waals surface area contributed by atoms with E-state index < -0.39 is 0 Å². The van der Waals surface area contributed by atoms with Gasteiger partial charge in [-0.15, -0.1) is 0 Å². The molecule has 0 radical (unpaired) electrons. The first kappa shape index (κ1) is 17.8. The highest BCUT2D eigenvalue weighted by Crippen LogP contribution is 2.24. The van der Waals surface area contributed by atoms with Crippen molar-refractivity contribution < 1.29 is 14.4 Å². The highest BCUT2D eigenvalue weighted by Gasteiger charge is 2.19. The van der Waals surface area contributed by atoms with Crippen LogP contribution in [0.3, 0.4) is 0 Å². The normalized spacial score (nSPS) is 13.9. The SMILES string of the molecule is CC(=O)c1c(-c2ccc(C(=O)NCCN3CCCC3=O)cc2)cnn1C. The lowest BCUT2D eigenvalue weighted by Gasteiger charge is -2.15. The summed E-state index contributed by atoms with van der Waals surface area (Å²) in [5.74, 6) is -0.0826. The summed E-state index contributed by atoms with van der Waals surface area (Å²) in [5, 5.41) is 6.98. The Morgan fingerprint density at radius 2 is 1.96 bits per heavy atom. The Morgan fingerprint density at radius 1 is 1.23 bits per heavy atom. The van der Waals surface area contributed by atoms with Crippen LogP contribution in [0.25, 0.3) is 11.1 Å². The van der Waals surface area contributed by atoms with Gasteiger partial charge in [0.15, 0.2) is 5.78 Å². The monoisotopic (exact) mass is 354 g/mol. The Balaban J connectivity index is 1.63. The van der Waals surface area contributed by atoms with Crippen LogP contribution in [0.4, 0.5) is 0 Å². The molecule has 0 bridgehead atoms. The van der Waals surface area contributed by atoms with Gasteiger partial charge in [-0.2, -0.15) is 5.10 Å². The van der Waals surface area contributed by atoms with Crippen LogP contribution in [-0.2, 0) is 11.8 Å². The van der Waals surface area contributed by atoms with Crippen LogP contribution >= 0.6 is 0 Å². The molecule has 7 nitrogen and oxygen atoms in total. The van der Waals surface area contributed by atoms with Crippen LogP contribution < -0.4 is 5.32 Å². The zero-order valence-electron chi connectivity index (χ0n) is 15.0. The standard InChI is InChI=1S/C19H22N4O3/c1-13(24)18-16(12-21-22(18)2)14-5-7-15(8-6-14)19(26)20-9-11-23-10-3-4-17(23)25/h5-8,12H,3-4,9-11H2,1-2H3,(H,20,26). The molecule has 0 aliphatic carbocycles. The van der Waals surface area contributed by atoms with E-state index in [0.29, 0.717) is 30.8 Å². The van der Waals surface area contributed by atoms with Crippen LogP contribution in [-0.4, -0.2) is 51.9 Å². The quantitative estimate of drug-likeness (QED) is 0.800. The minimum Gasteiger partial charge on any atom is -0.350 e. The van der Waals surface area contributed by atoms with Gasteiger partial charge < -0.3 is 10.2 Å². The van der Waals surface area contributed by atoms with Crippen LogP contribution in [0.15, 0.2) is 30.5 Å². The molecule has 1 aliphatic heterocycles. The fourth-order valence-electron chi connectivity index (χ4n) is 3.21. The molecule has 0 spiro atoms. The number of hydrogen-bond acceptors (Lipinski definition) is 4. The van der Waals surface area contributed by atoms with Crippen molar-refractivity contribution in [1.82, 2.24) is 20.0 Å². The molecule has 2 amide bonds. The van der Waals surface area contributed by atoms with E-state index in [1.807, 2.05) is 12.1 Å². The minimum atomic E-state index is -0.179. The van der Waals surface area contributed by atoms with Crippen molar-refractivity contribution in [3.63, 3.8) is 0 Å². The van der Waals surface area contributed by atoms with Gasteiger partial charge in [-0.3, -0.25) is 19.1 Å². The van der Waals surface area contributed by atoms with E-state index in [9.17, 15) is 14.4 Å². The van der Waals surface area contributed by atoms with E-state index in [1.54, 1.807) is 35.0 Å². The molecule has 2 aromatic rings. The fourth-order valence-corrected chi connectivity index (χ4v) is 3.21. The number of hydrogen-bond donors (Lipinski definition) is 1. The molecule has 7 heteroatoms. The molecule has 1 fully saturated rings. The largest absolute Gasteiger partial charge is 0.350 e. The number of rotatable bonds is 6. The lowest BCUT2D eigenvalue weighted by atomic mass is 10.0. The van der Waals surface area contributed by atoms with Crippen LogP contribution in [0, 0.1) is 0 Å². The average molecular weight is 354 g/mol. The molecule has 136 valence electrons. The lowest BCUT2D eigenvalue weighted by molar-refractivity contribution is -0.127. The molecule has 3 rings (SSSR count). The molecule has 1 aromatic heterocycles. The highest BCUT2D eigenvalue weighted by molar-refractivity contribution is 5.99. The number of benzene rings is 1. The molecule has 0 atom stereocenters. The molecule has 0 unspecified atom stereocenters. The molecule has 1 aliphatic rings. The van der Waals surface area contributed by atoms with Gasteiger partial charge in [0.2, 0.25) is 5.91 Å². The number of ketones is 1. The second-order valence-corrected chi connectivity index (χ2v) is 6.40. The third-order valence-electron chi connectivity index (χ3n) is 4.57. The van der Waals surface area contributed by atoms with Crippen LogP contribution in [0.2, 0.25) is 0 Å². The number of nitrogens with zero attached hydrogens (tertiary/aromatic N) is 3. The molecule has 1 aromatic carbocycles. The van der Waals surface area contributed by atoms with Gasteiger partial charge >= 0.3 is 0 Å². The van der Waals surface area contributed by atoms with Gasteiger partial charge in [0.05, 0.1) is 6.20 Å². The van der Waals surface area contributed by atoms with Gasteiger partial charge in [-0.25, -0.2) is 0 Å². The summed E-state index contributed by atoms with van der Waals surface area (Å²) < 4.78 is 1.55. The summed E-state index contributed by atoms with van der Waals surface area (Å²) in [6, 6.07) is 7.07. The van der Waals surface area contributed by atoms with E-state index in [0.717, 1.165) is 24.1 Å². The van der Waals surface area contributed by atoms with E-state index in [1.165, 1.54) is 6.92 Å². The maximum Gasteiger partial charge on any atom is 0.251 e. The van der Waals surface area contributed by atoms with Gasteiger partial charge in [-0.1, -0.05) is 12.1 Å². The van der Waals surface area contributed by atoms with E-state index in [-0.39, 0.29) is 17.6 Å². The number of Topliss-reactive ketones (excluding diaryl/α,β-unsaturated/α-hetero) is 1. The number of aryl methyl sites for hydroxylation is 1. The van der Waals surface area contributed by atoms with Gasteiger partial charge in [0.25, 0.3) is 5.91 Å². The third-order valence-corrected chi connectivity index (χ3v) is 4.57. The van der Waals surface area contributed by atoms with Crippen molar-refractivity contribution in [1.29, 1.82) is 0 Å². The molecule has 0 saturated carbocycles. The summed E-state index contributed by atoms with van der Waals surface area (Å²) in [6.45, 7) is 3.25. The van der Waals surface area contributed by atoms with Crippen molar-refractivity contribution in [3.8, 4) is 11.1 Å². The van der Waals surface area contributed by atoms with Gasteiger partial charge in [0.1, 0.15) is 5.69 Å². The summed E-state index contributed by atoms with van der Waals surface area (Å²) in [4.78, 5) is 37.4. The molecular weight excluding hydrogens is 332 g/mol. The second kappa shape index (κ2) is 7.51. The maximum atomic E-state index is 12.2. The fraction of sp³-hybridized carbons (Fsp3) is 0.368. The Kier molecular flexibility index (Phi) is 5.16. The van der Waals surface area contributed by atoms with E-state index in [2.05, 4.69) is 10.4 Å². The second-order valence-electron chi connectivity index (χ2n) is 6.40. The molecule has 1 N–H and O–H groups in total. The Bertz CT molecular complexity index is 839. The van der Waals surface area contributed by atoms with Crippen molar-refractivity contribution in [2.45, 2.75) is 19.8 Å². The highest BCUT2D eigenvalue weighted by atomic mass is 16.2. The third kappa shape index (κ3) is 3.66. The summed E-state index contributed by atoms with van der Waals surface area (Å²) >= 11 is 0. The molecule has 2 heterocycles. The molecule has 26 heavy (non-hydrogen) atoms. The first-order chi connectivity index (χ1) is 12.5. The maximum absolute atomic E-state index is 12.2. The number of aromatic nitrogens is 2. The summed E-state index contributed by atoms with van der Waals surface area (Å²) in [6.07, 6.45) is 3.15. The topological polar surface area (TPSA) is 84.3 Å². The number of carbonyl (C=O) groups excluding carboxylic acids is 3. The zero-order valence-corrected chi connectivity index (χ0v) is 15.0. The first-order valence-electron chi connectivity index (χ1n) is 8.66. The van der Waals surface area contributed by atoms with Crippen molar-refractivity contribution in [2.24, 2.45) is 7.05 Å². The van der Waals surface area contributed by atoms with E-state index in [4.69, 9.17) is 0 Å². The predicted octanol–water partition coefficient (Wildman–Crippen LogP) is 1.64. The number of nitrogens with one attached hydrogen (secondary N) is 1. The number of carbonyl (C=O) groups is 3. The van der Waals surface area contributed by atoms with Crippen molar-refractivity contribution >= 4 is 17.6 Å². The smallest absolute Gasteiger partial charge is 0.251 e. The predicted molar refractivity (Wildman–Crippen MR) is 96.8 cm³/mol. The molecular formula is C19H22N4O3. The first-order valence-corrected chi connectivity index (χ1v) is 8.66.